The first-order chi connectivity index (χ1) is 11.1. The summed E-state index contributed by atoms with van der Waals surface area (Å²) in [5.74, 6) is -0.191. The number of hydrogen-bond donors (Lipinski definition) is 1. The largest absolute Gasteiger partial charge is 0.508 e. The molecule has 0 bridgehead atoms. The van der Waals surface area contributed by atoms with Crippen molar-refractivity contribution in [2.45, 2.75) is 19.3 Å². The van der Waals surface area contributed by atoms with E-state index >= 15 is 0 Å². The van der Waals surface area contributed by atoms with Gasteiger partial charge < -0.3 is 5.11 Å². The summed E-state index contributed by atoms with van der Waals surface area (Å²) in [7, 11) is 0. The van der Waals surface area contributed by atoms with Crippen molar-refractivity contribution in [3.05, 3.63) is 59.4 Å². The van der Waals surface area contributed by atoms with Gasteiger partial charge in [0.1, 0.15) is 11.6 Å². The molecule has 1 atom stereocenters. The maximum Gasteiger partial charge on any atom is 0.248 e. The smallest absolute Gasteiger partial charge is 0.248 e. The second-order valence-electron chi connectivity index (χ2n) is 5.95. The Hall–Kier alpha value is -2.69. The van der Waals surface area contributed by atoms with Crippen LogP contribution in [0.4, 0.5) is 10.1 Å². The summed E-state index contributed by atoms with van der Waals surface area (Å²) in [4.78, 5) is 12.4. The van der Waals surface area contributed by atoms with E-state index in [4.69, 9.17) is 0 Å². The van der Waals surface area contributed by atoms with Crippen LogP contribution in [0, 0.1) is 11.7 Å². The third kappa shape index (κ3) is 2.38. The Morgan fingerprint density at radius 3 is 2.74 bits per heavy atom. The molecule has 4 nitrogen and oxygen atoms in total. The van der Waals surface area contributed by atoms with Gasteiger partial charge in [-0.25, -0.2) is 9.40 Å². The van der Waals surface area contributed by atoms with E-state index in [1.54, 1.807) is 18.2 Å². The number of nitrogens with zero attached hydrogens (tertiary/aromatic N) is 2. The van der Waals surface area contributed by atoms with Gasteiger partial charge >= 0.3 is 0 Å². The van der Waals surface area contributed by atoms with Crippen molar-refractivity contribution in [1.29, 1.82) is 0 Å². The molecular formula is C18H15FN2O2. The Morgan fingerprint density at radius 2 is 1.96 bits per heavy atom. The van der Waals surface area contributed by atoms with Crippen LogP contribution in [-0.2, 0) is 11.2 Å². The van der Waals surface area contributed by atoms with Gasteiger partial charge in [0.05, 0.1) is 11.4 Å². The van der Waals surface area contributed by atoms with Crippen molar-refractivity contribution in [3.8, 4) is 5.75 Å². The van der Waals surface area contributed by atoms with E-state index in [-0.39, 0.29) is 23.4 Å². The second kappa shape index (κ2) is 5.19. The van der Waals surface area contributed by atoms with Crippen molar-refractivity contribution < 1.29 is 14.3 Å². The lowest BCUT2D eigenvalue weighted by Gasteiger charge is -2.33. The zero-order chi connectivity index (χ0) is 16.0. The highest BCUT2D eigenvalue weighted by atomic mass is 19.1. The average molecular weight is 310 g/mol. The van der Waals surface area contributed by atoms with Crippen molar-refractivity contribution in [1.82, 2.24) is 0 Å². The fraction of sp³-hybridized carbons (Fsp3) is 0.222. The number of benzene rings is 2. The molecule has 5 heteroatoms. The fourth-order valence-corrected chi connectivity index (χ4v) is 3.28. The van der Waals surface area contributed by atoms with Gasteiger partial charge in [0.15, 0.2) is 0 Å². The van der Waals surface area contributed by atoms with Crippen LogP contribution in [0.1, 0.15) is 24.0 Å². The topological polar surface area (TPSA) is 52.9 Å². The van der Waals surface area contributed by atoms with Crippen LogP contribution in [0.2, 0.25) is 0 Å². The number of carbonyl (C=O) groups excluding carboxylic acids is 1. The Morgan fingerprint density at radius 1 is 1.17 bits per heavy atom. The summed E-state index contributed by atoms with van der Waals surface area (Å²) in [6.07, 6.45) is 2.06. The van der Waals surface area contributed by atoms with E-state index in [1.165, 1.54) is 29.3 Å². The van der Waals surface area contributed by atoms with Crippen LogP contribution in [0.15, 0.2) is 47.6 Å². The molecular weight excluding hydrogens is 295 g/mol. The fourth-order valence-electron chi connectivity index (χ4n) is 3.28. The second-order valence-corrected chi connectivity index (χ2v) is 5.95. The van der Waals surface area contributed by atoms with Crippen LogP contribution in [0.5, 0.6) is 5.75 Å². The molecule has 1 aliphatic heterocycles. The van der Waals surface area contributed by atoms with Crippen LogP contribution in [-0.4, -0.2) is 16.7 Å². The van der Waals surface area contributed by atoms with Gasteiger partial charge in [-0.2, -0.15) is 5.10 Å². The molecule has 1 heterocycles. The molecule has 1 N–H and O–H groups in total. The number of anilines is 1. The lowest BCUT2D eigenvalue weighted by molar-refractivity contribution is -0.119. The summed E-state index contributed by atoms with van der Waals surface area (Å²) in [5.41, 5.74) is 3.25. The molecule has 2 aromatic carbocycles. The number of aryl methyl sites for hydroxylation is 1. The SMILES string of the molecule is O=C1CC2CCc3ccc(F)cc3C2=NN1c1ccc(O)cc1. The third-order valence-corrected chi connectivity index (χ3v) is 4.46. The van der Waals surface area contributed by atoms with Crippen LogP contribution in [0.3, 0.4) is 0 Å². The predicted octanol–water partition coefficient (Wildman–Crippen LogP) is 3.23. The molecule has 4 rings (SSSR count). The Kier molecular flexibility index (Phi) is 3.15. The van der Waals surface area contributed by atoms with Crippen molar-refractivity contribution in [3.63, 3.8) is 0 Å². The van der Waals surface area contributed by atoms with E-state index in [0.717, 1.165) is 29.7 Å². The maximum absolute atomic E-state index is 13.6. The minimum absolute atomic E-state index is 0.0464. The number of fused-ring (bicyclic) bond motifs is 3. The molecule has 0 saturated carbocycles. The molecule has 23 heavy (non-hydrogen) atoms. The zero-order valence-electron chi connectivity index (χ0n) is 12.4. The van der Waals surface area contributed by atoms with E-state index in [0.29, 0.717) is 12.1 Å². The first kappa shape index (κ1) is 13.9. The van der Waals surface area contributed by atoms with Gasteiger partial charge in [-0.05, 0) is 54.8 Å². The van der Waals surface area contributed by atoms with Gasteiger partial charge in [-0.1, -0.05) is 6.07 Å². The molecule has 1 unspecified atom stereocenters. The molecule has 116 valence electrons. The Balaban J connectivity index is 1.81. The van der Waals surface area contributed by atoms with Crippen LogP contribution < -0.4 is 5.01 Å². The summed E-state index contributed by atoms with van der Waals surface area (Å²) in [6, 6.07) is 11.1. The molecule has 0 fully saturated rings. The monoisotopic (exact) mass is 310 g/mol. The quantitative estimate of drug-likeness (QED) is 0.879. The van der Waals surface area contributed by atoms with Crippen molar-refractivity contribution in [2.24, 2.45) is 11.0 Å². The summed E-state index contributed by atoms with van der Waals surface area (Å²) < 4.78 is 13.6. The molecule has 1 amide bonds. The number of carbonyl (C=O) groups is 1. The van der Waals surface area contributed by atoms with Gasteiger partial charge in [-0.3, -0.25) is 4.79 Å². The minimum Gasteiger partial charge on any atom is -0.508 e. The number of hydrogen-bond acceptors (Lipinski definition) is 3. The lowest BCUT2D eigenvalue weighted by Crippen LogP contribution is -2.39. The number of aromatic hydroxyl groups is 1. The Bertz CT molecular complexity index is 814. The highest BCUT2D eigenvalue weighted by Gasteiger charge is 2.34. The zero-order valence-corrected chi connectivity index (χ0v) is 12.4. The first-order valence-electron chi connectivity index (χ1n) is 7.61. The standard InChI is InChI=1S/C18H15FN2O2/c19-13-4-3-11-1-2-12-9-17(23)21(20-18(12)16(11)10-13)14-5-7-15(22)8-6-14/h3-8,10,12,22H,1-2,9H2. The van der Waals surface area contributed by atoms with E-state index in [2.05, 4.69) is 5.10 Å². The summed E-state index contributed by atoms with van der Waals surface area (Å²) in [5, 5.41) is 15.3. The molecule has 0 aromatic heterocycles. The maximum atomic E-state index is 13.6. The van der Waals surface area contributed by atoms with Gasteiger partial charge in [0, 0.05) is 17.9 Å². The van der Waals surface area contributed by atoms with Crippen molar-refractivity contribution in [2.75, 3.05) is 5.01 Å². The number of amides is 1. The van der Waals surface area contributed by atoms with Gasteiger partial charge in [-0.15, -0.1) is 0 Å². The summed E-state index contributed by atoms with van der Waals surface area (Å²) >= 11 is 0. The highest BCUT2D eigenvalue weighted by molar-refractivity contribution is 6.11. The molecule has 0 spiro atoms. The van der Waals surface area contributed by atoms with E-state index in [9.17, 15) is 14.3 Å². The average Bonchev–Trinajstić information content (AvgIpc) is 2.55. The Labute approximate surface area is 132 Å². The first-order valence-corrected chi connectivity index (χ1v) is 7.61. The summed E-state index contributed by atoms with van der Waals surface area (Å²) in [6.45, 7) is 0. The number of phenols is 1. The van der Waals surface area contributed by atoms with Gasteiger partial charge in [0.2, 0.25) is 5.91 Å². The predicted molar refractivity (Wildman–Crippen MR) is 85.0 cm³/mol. The number of rotatable bonds is 1. The highest BCUT2D eigenvalue weighted by Crippen LogP contribution is 2.34. The minimum atomic E-state index is -0.291. The van der Waals surface area contributed by atoms with Crippen LogP contribution >= 0.6 is 0 Å². The molecule has 2 aliphatic rings. The number of hydrazone groups is 1. The van der Waals surface area contributed by atoms with E-state index < -0.39 is 0 Å². The van der Waals surface area contributed by atoms with E-state index in [1.807, 2.05) is 0 Å². The molecule has 2 aromatic rings. The molecule has 0 radical (unpaired) electrons. The lowest BCUT2D eigenvalue weighted by atomic mass is 9.79. The number of halogens is 1. The number of phenolic OH excluding ortho intramolecular Hbond substituents is 1. The van der Waals surface area contributed by atoms with Gasteiger partial charge in [0.25, 0.3) is 0 Å². The molecule has 0 saturated heterocycles. The molecule has 1 aliphatic carbocycles. The normalized spacial score (nSPS) is 19.9. The van der Waals surface area contributed by atoms with Crippen molar-refractivity contribution >= 4 is 17.3 Å². The van der Waals surface area contributed by atoms with Crippen LogP contribution in [0.25, 0.3) is 0 Å². The third-order valence-electron chi connectivity index (χ3n) is 4.46.